The molecule has 106 valence electrons. The summed E-state index contributed by atoms with van der Waals surface area (Å²) in [6, 6.07) is 12.1. The summed E-state index contributed by atoms with van der Waals surface area (Å²) in [5.41, 5.74) is 6.38. The predicted molar refractivity (Wildman–Crippen MR) is 76.1 cm³/mol. The number of nitrogens with one attached hydrogen (secondary N) is 1. The molecule has 0 aliphatic carbocycles. The molecule has 0 aliphatic rings. The number of ether oxygens (including phenoxy) is 1. The highest BCUT2D eigenvalue weighted by atomic mass is 19.1. The first-order chi connectivity index (χ1) is 10.1. The number of hydrogen-bond acceptors (Lipinski definition) is 4. The number of carbonyl (C=O) groups excluding carboxylic acids is 1. The maximum Gasteiger partial charge on any atom is 0.262 e. The third-order valence-electron chi connectivity index (χ3n) is 2.65. The van der Waals surface area contributed by atoms with Crippen molar-refractivity contribution in [2.45, 2.75) is 0 Å². The topological polar surface area (TPSA) is 88.1 Å². The molecule has 3 N–H and O–H groups in total. The van der Waals surface area contributed by atoms with Gasteiger partial charge in [0.1, 0.15) is 17.6 Å². The smallest absolute Gasteiger partial charge is 0.262 e. The van der Waals surface area contributed by atoms with E-state index in [2.05, 4.69) is 5.32 Å². The molecule has 2 rings (SSSR count). The zero-order valence-electron chi connectivity index (χ0n) is 11.0. The number of para-hydroxylation sites is 2. The van der Waals surface area contributed by atoms with Crippen molar-refractivity contribution in [2.75, 3.05) is 17.7 Å². The molecule has 5 nitrogen and oxygen atoms in total. The molecule has 0 unspecified atom stereocenters. The van der Waals surface area contributed by atoms with Crippen LogP contribution in [0.5, 0.6) is 5.75 Å². The number of benzene rings is 2. The Morgan fingerprint density at radius 2 is 2.10 bits per heavy atom. The van der Waals surface area contributed by atoms with E-state index < -0.39 is 11.7 Å². The lowest BCUT2D eigenvalue weighted by atomic mass is 10.2. The molecule has 0 saturated heterocycles. The molecule has 6 heteroatoms. The van der Waals surface area contributed by atoms with E-state index in [4.69, 9.17) is 15.7 Å². The molecule has 0 heterocycles. The molecule has 0 aromatic heterocycles. The van der Waals surface area contributed by atoms with Gasteiger partial charge in [0.05, 0.1) is 16.9 Å². The SMILES string of the molecule is N#Cc1cc(F)ccc1NC(=O)COc1ccccc1N. The maximum atomic E-state index is 13.0. The minimum absolute atomic E-state index is 0.0441. The summed E-state index contributed by atoms with van der Waals surface area (Å²) in [5, 5.41) is 11.4. The van der Waals surface area contributed by atoms with Crippen LogP contribution >= 0.6 is 0 Å². The molecular formula is C15H12FN3O2. The van der Waals surface area contributed by atoms with Crippen LogP contribution in [-0.4, -0.2) is 12.5 Å². The normalized spacial score (nSPS) is 9.71. The summed E-state index contributed by atoms with van der Waals surface area (Å²) in [4.78, 5) is 11.8. The van der Waals surface area contributed by atoms with Crippen molar-refractivity contribution >= 4 is 17.3 Å². The minimum atomic E-state index is -0.544. The molecule has 0 saturated carbocycles. The molecule has 0 bridgehead atoms. The molecule has 2 aromatic rings. The van der Waals surface area contributed by atoms with E-state index in [0.29, 0.717) is 11.4 Å². The summed E-state index contributed by atoms with van der Waals surface area (Å²) >= 11 is 0. The third kappa shape index (κ3) is 3.70. The first-order valence-electron chi connectivity index (χ1n) is 6.07. The van der Waals surface area contributed by atoms with E-state index in [1.54, 1.807) is 24.3 Å². The molecule has 2 aromatic carbocycles. The number of amides is 1. The van der Waals surface area contributed by atoms with Gasteiger partial charge >= 0.3 is 0 Å². The van der Waals surface area contributed by atoms with Crippen molar-refractivity contribution in [3.05, 3.63) is 53.8 Å². The van der Waals surface area contributed by atoms with Gasteiger partial charge in [-0.1, -0.05) is 12.1 Å². The molecule has 0 radical (unpaired) electrons. The Morgan fingerprint density at radius 3 is 2.81 bits per heavy atom. The summed E-state index contributed by atoms with van der Waals surface area (Å²) in [7, 11) is 0. The Balaban J connectivity index is 2.00. The van der Waals surface area contributed by atoms with E-state index in [-0.39, 0.29) is 17.9 Å². The number of nitrogens with zero attached hydrogens (tertiary/aromatic N) is 1. The number of nitrogens with two attached hydrogens (primary N) is 1. The van der Waals surface area contributed by atoms with Gasteiger partial charge in [0.25, 0.3) is 5.91 Å². The second-order valence-electron chi connectivity index (χ2n) is 4.18. The average molecular weight is 285 g/mol. The number of nitriles is 1. The van der Waals surface area contributed by atoms with Crippen molar-refractivity contribution in [3.63, 3.8) is 0 Å². The van der Waals surface area contributed by atoms with Gasteiger partial charge in [0, 0.05) is 0 Å². The Bertz CT molecular complexity index is 710. The van der Waals surface area contributed by atoms with Gasteiger partial charge in [-0.3, -0.25) is 4.79 Å². The van der Waals surface area contributed by atoms with Crippen molar-refractivity contribution in [2.24, 2.45) is 0 Å². The second kappa shape index (κ2) is 6.39. The van der Waals surface area contributed by atoms with Gasteiger partial charge in [-0.2, -0.15) is 5.26 Å². The maximum absolute atomic E-state index is 13.0. The highest BCUT2D eigenvalue weighted by molar-refractivity contribution is 5.93. The van der Waals surface area contributed by atoms with Crippen LogP contribution in [0, 0.1) is 17.1 Å². The highest BCUT2D eigenvalue weighted by Crippen LogP contribution is 2.20. The van der Waals surface area contributed by atoms with E-state index >= 15 is 0 Å². The number of anilines is 2. The fraction of sp³-hybridized carbons (Fsp3) is 0.0667. The second-order valence-corrected chi connectivity index (χ2v) is 4.18. The first-order valence-corrected chi connectivity index (χ1v) is 6.07. The van der Waals surface area contributed by atoms with Crippen molar-refractivity contribution in [1.82, 2.24) is 0 Å². The summed E-state index contributed by atoms with van der Waals surface area (Å²) in [5.74, 6) is -0.619. The molecule has 0 aliphatic heterocycles. The van der Waals surface area contributed by atoms with Crippen LogP contribution in [0.4, 0.5) is 15.8 Å². The standard InChI is InChI=1S/C15H12FN3O2/c16-11-5-6-13(10(7-11)8-17)19-15(20)9-21-14-4-2-1-3-12(14)18/h1-7H,9,18H2,(H,19,20). The molecule has 0 fully saturated rings. The number of halogens is 1. The van der Waals surface area contributed by atoms with Crippen LogP contribution in [0.25, 0.3) is 0 Å². The zero-order chi connectivity index (χ0) is 15.2. The highest BCUT2D eigenvalue weighted by Gasteiger charge is 2.09. The van der Waals surface area contributed by atoms with Gasteiger partial charge in [-0.25, -0.2) is 4.39 Å². The van der Waals surface area contributed by atoms with Crippen LogP contribution < -0.4 is 15.8 Å². The quantitative estimate of drug-likeness (QED) is 0.844. The Hall–Kier alpha value is -3.07. The van der Waals surface area contributed by atoms with Crippen molar-refractivity contribution < 1.29 is 13.9 Å². The van der Waals surface area contributed by atoms with Crippen LogP contribution in [0.15, 0.2) is 42.5 Å². The number of nitrogen functional groups attached to an aromatic ring is 1. The monoisotopic (exact) mass is 285 g/mol. The van der Waals surface area contributed by atoms with Crippen LogP contribution in [0.1, 0.15) is 5.56 Å². The zero-order valence-corrected chi connectivity index (χ0v) is 11.0. The molecular weight excluding hydrogens is 273 g/mol. The Kier molecular flexibility index (Phi) is 4.36. The fourth-order valence-corrected chi connectivity index (χ4v) is 1.66. The van der Waals surface area contributed by atoms with Gasteiger partial charge in [0.2, 0.25) is 0 Å². The molecule has 21 heavy (non-hydrogen) atoms. The lowest BCUT2D eigenvalue weighted by Crippen LogP contribution is -2.21. The first kappa shape index (κ1) is 14.3. The molecule has 0 atom stereocenters. The summed E-state index contributed by atoms with van der Waals surface area (Å²) in [6.07, 6.45) is 0. The minimum Gasteiger partial charge on any atom is -0.482 e. The van der Waals surface area contributed by atoms with Crippen LogP contribution in [0.3, 0.4) is 0 Å². The van der Waals surface area contributed by atoms with Gasteiger partial charge in [-0.05, 0) is 30.3 Å². The van der Waals surface area contributed by atoms with Crippen molar-refractivity contribution in [3.8, 4) is 11.8 Å². The van der Waals surface area contributed by atoms with Crippen LogP contribution in [-0.2, 0) is 4.79 Å². The van der Waals surface area contributed by atoms with Crippen molar-refractivity contribution in [1.29, 1.82) is 5.26 Å². The summed E-state index contributed by atoms with van der Waals surface area (Å²) < 4.78 is 18.3. The third-order valence-corrected chi connectivity index (χ3v) is 2.65. The fourth-order valence-electron chi connectivity index (χ4n) is 1.66. The Labute approximate surface area is 120 Å². The summed E-state index contributed by atoms with van der Waals surface area (Å²) in [6.45, 7) is -0.267. The van der Waals surface area contributed by atoms with E-state index in [1.807, 2.05) is 6.07 Å². The number of rotatable bonds is 4. The van der Waals surface area contributed by atoms with Gasteiger partial charge in [0.15, 0.2) is 6.61 Å². The van der Waals surface area contributed by atoms with Crippen LogP contribution in [0.2, 0.25) is 0 Å². The number of carbonyl (C=O) groups is 1. The van der Waals surface area contributed by atoms with E-state index in [9.17, 15) is 9.18 Å². The molecule has 0 spiro atoms. The average Bonchev–Trinajstić information content (AvgIpc) is 2.48. The van der Waals surface area contributed by atoms with Gasteiger partial charge in [-0.15, -0.1) is 0 Å². The number of hydrogen-bond donors (Lipinski definition) is 2. The van der Waals surface area contributed by atoms with Gasteiger partial charge < -0.3 is 15.8 Å². The predicted octanol–water partition coefficient (Wildman–Crippen LogP) is 2.30. The largest absolute Gasteiger partial charge is 0.482 e. The molecule has 1 amide bonds. The van der Waals surface area contributed by atoms with E-state index in [1.165, 1.54) is 6.07 Å². The lowest BCUT2D eigenvalue weighted by Gasteiger charge is -2.10. The van der Waals surface area contributed by atoms with E-state index in [0.717, 1.165) is 12.1 Å². The Morgan fingerprint density at radius 1 is 1.33 bits per heavy atom. The lowest BCUT2D eigenvalue weighted by molar-refractivity contribution is -0.118.